The number of hydrogen-bond donors (Lipinski definition) is 3. The van der Waals surface area contributed by atoms with Crippen LogP contribution in [0.1, 0.15) is 258 Å². The molecule has 1 amide bonds. The second kappa shape index (κ2) is 46.0. The van der Waals surface area contributed by atoms with Crippen LogP contribution in [0.2, 0.25) is 0 Å². The minimum absolute atomic E-state index is 0.00199. The van der Waals surface area contributed by atoms with Crippen molar-refractivity contribution in [2.45, 2.75) is 270 Å². The molecule has 0 aromatic rings. The number of hydrogen-bond acceptors (Lipinski definition) is 5. The summed E-state index contributed by atoms with van der Waals surface area (Å²) in [5.74, 6) is -0.0836. The number of aliphatic hydroxyl groups is 2. The molecule has 0 radical (unpaired) electrons. The first-order valence-corrected chi connectivity index (χ1v) is 24.6. The lowest BCUT2D eigenvalue weighted by Gasteiger charge is -2.20. The second-order valence-corrected chi connectivity index (χ2v) is 16.8. The van der Waals surface area contributed by atoms with Crippen LogP contribution in [-0.2, 0) is 14.3 Å². The van der Waals surface area contributed by atoms with E-state index in [0.29, 0.717) is 19.4 Å². The summed E-state index contributed by atoms with van der Waals surface area (Å²) in [5, 5.41) is 22.9. The van der Waals surface area contributed by atoms with Gasteiger partial charge in [0.05, 0.1) is 25.4 Å². The average molecular weight is 790 g/mol. The van der Waals surface area contributed by atoms with E-state index in [-0.39, 0.29) is 18.5 Å². The molecule has 0 aromatic carbocycles. The van der Waals surface area contributed by atoms with Gasteiger partial charge in [-0.3, -0.25) is 9.59 Å². The van der Waals surface area contributed by atoms with E-state index in [0.717, 1.165) is 57.8 Å². The molecule has 330 valence electrons. The standard InChI is InChI=1S/C50H95NO5/c1-3-5-7-9-11-13-14-24-28-32-36-40-44-50(55)56-45-41-37-33-29-25-22-20-18-16-15-17-19-21-23-27-31-35-39-43-49(54)51-47(46-52)48(53)42-38-34-30-26-12-10-8-6-4-2/h17,19,38,42,47-48,52-53H,3-16,18,20-37,39-41,43-46H2,1-2H3,(H,51,54)/b19-17-,42-38+. The molecule has 0 aliphatic carbocycles. The topological polar surface area (TPSA) is 95.9 Å². The molecule has 0 heterocycles. The van der Waals surface area contributed by atoms with Crippen LogP contribution in [0, 0.1) is 0 Å². The molecule has 0 aromatic heterocycles. The Morgan fingerprint density at radius 3 is 1.27 bits per heavy atom. The van der Waals surface area contributed by atoms with Crippen molar-refractivity contribution in [1.29, 1.82) is 0 Å². The Balaban J connectivity index is 3.45. The monoisotopic (exact) mass is 790 g/mol. The van der Waals surface area contributed by atoms with Crippen molar-refractivity contribution >= 4 is 11.9 Å². The van der Waals surface area contributed by atoms with Crippen molar-refractivity contribution < 1.29 is 24.5 Å². The maximum Gasteiger partial charge on any atom is 0.305 e. The molecule has 2 unspecified atom stereocenters. The molecule has 0 aliphatic rings. The first-order chi connectivity index (χ1) is 27.5. The number of aliphatic hydroxyl groups excluding tert-OH is 2. The lowest BCUT2D eigenvalue weighted by molar-refractivity contribution is -0.143. The first-order valence-electron chi connectivity index (χ1n) is 24.6. The van der Waals surface area contributed by atoms with Gasteiger partial charge in [0.2, 0.25) is 5.91 Å². The molecule has 0 rings (SSSR count). The van der Waals surface area contributed by atoms with E-state index in [1.165, 1.54) is 173 Å². The zero-order valence-corrected chi connectivity index (χ0v) is 37.4. The molecule has 0 fully saturated rings. The van der Waals surface area contributed by atoms with Gasteiger partial charge >= 0.3 is 5.97 Å². The molecular weight excluding hydrogens is 695 g/mol. The summed E-state index contributed by atoms with van der Waals surface area (Å²) < 4.78 is 5.45. The highest BCUT2D eigenvalue weighted by Crippen LogP contribution is 2.15. The Hall–Kier alpha value is -1.66. The third kappa shape index (κ3) is 42.0. The van der Waals surface area contributed by atoms with Gasteiger partial charge in [-0.1, -0.05) is 212 Å². The Morgan fingerprint density at radius 1 is 0.482 bits per heavy atom. The van der Waals surface area contributed by atoms with Crippen molar-refractivity contribution in [2.75, 3.05) is 13.2 Å². The summed E-state index contributed by atoms with van der Waals surface area (Å²) in [6.07, 6.45) is 53.2. The van der Waals surface area contributed by atoms with Gasteiger partial charge in [-0.05, 0) is 57.8 Å². The van der Waals surface area contributed by atoms with E-state index < -0.39 is 12.1 Å². The summed E-state index contributed by atoms with van der Waals surface area (Å²) in [5.41, 5.74) is 0. The molecule has 3 N–H and O–H groups in total. The van der Waals surface area contributed by atoms with Crippen molar-refractivity contribution in [3.8, 4) is 0 Å². The Labute approximate surface area is 348 Å². The van der Waals surface area contributed by atoms with Crippen LogP contribution in [0.25, 0.3) is 0 Å². The zero-order chi connectivity index (χ0) is 40.8. The van der Waals surface area contributed by atoms with E-state index in [1.54, 1.807) is 6.08 Å². The largest absolute Gasteiger partial charge is 0.466 e. The fourth-order valence-electron chi connectivity index (χ4n) is 7.39. The van der Waals surface area contributed by atoms with Crippen molar-refractivity contribution in [3.63, 3.8) is 0 Å². The SMILES string of the molecule is CCCCCCCCC/C=C/C(O)C(CO)NC(=O)CCCCCCC/C=C\CCCCCCCCCCCOC(=O)CCCCCCCCCCCCCC. The van der Waals surface area contributed by atoms with E-state index in [1.807, 2.05) is 6.08 Å². The van der Waals surface area contributed by atoms with Crippen molar-refractivity contribution in [2.24, 2.45) is 0 Å². The van der Waals surface area contributed by atoms with Gasteiger partial charge in [-0.15, -0.1) is 0 Å². The predicted octanol–water partition coefficient (Wildman–Crippen LogP) is 14.3. The minimum atomic E-state index is -0.850. The Morgan fingerprint density at radius 2 is 0.839 bits per heavy atom. The van der Waals surface area contributed by atoms with Crippen molar-refractivity contribution in [3.05, 3.63) is 24.3 Å². The maximum atomic E-state index is 12.3. The zero-order valence-electron chi connectivity index (χ0n) is 37.4. The first kappa shape index (κ1) is 54.3. The summed E-state index contributed by atoms with van der Waals surface area (Å²) in [6.45, 7) is 4.85. The lowest BCUT2D eigenvalue weighted by atomic mass is 10.0. The number of nitrogens with one attached hydrogen (secondary N) is 1. The number of allylic oxidation sites excluding steroid dienone is 3. The number of unbranched alkanes of at least 4 members (excludes halogenated alkanes) is 32. The molecular formula is C50H95NO5. The minimum Gasteiger partial charge on any atom is -0.466 e. The highest BCUT2D eigenvalue weighted by atomic mass is 16.5. The molecule has 0 spiro atoms. The van der Waals surface area contributed by atoms with Crippen LogP contribution in [-0.4, -0.2) is 47.4 Å². The van der Waals surface area contributed by atoms with Gasteiger partial charge in [0.1, 0.15) is 0 Å². The quantitative estimate of drug-likeness (QED) is 0.0324. The van der Waals surface area contributed by atoms with Crippen LogP contribution in [0.5, 0.6) is 0 Å². The van der Waals surface area contributed by atoms with Crippen LogP contribution < -0.4 is 5.32 Å². The number of esters is 1. The molecule has 0 aliphatic heterocycles. The molecule has 0 bridgehead atoms. The van der Waals surface area contributed by atoms with Crippen molar-refractivity contribution in [1.82, 2.24) is 5.32 Å². The fraction of sp³-hybridized carbons (Fsp3) is 0.880. The van der Waals surface area contributed by atoms with Gasteiger partial charge in [0.25, 0.3) is 0 Å². The van der Waals surface area contributed by atoms with Crippen LogP contribution in [0.15, 0.2) is 24.3 Å². The van der Waals surface area contributed by atoms with E-state index in [4.69, 9.17) is 4.74 Å². The highest BCUT2D eigenvalue weighted by Gasteiger charge is 2.18. The smallest absolute Gasteiger partial charge is 0.305 e. The highest BCUT2D eigenvalue weighted by molar-refractivity contribution is 5.76. The molecule has 2 atom stereocenters. The molecule has 6 heteroatoms. The van der Waals surface area contributed by atoms with Gasteiger partial charge in [-0.25, -0.2) is 0 Å². The van der Waals surface area contributed by atoms with Crippen LogP contribution in [0.4, 0.5) is 0 Å². The average Bonchev–Trinajstić information content (AvgIpc) is 3.20. The second-order valence-electron chi connectivity index (χ2n) is 16.8. The number of ether oxygens (including phenoxy) is 1. The molecule has 6 nitrogen and oxygen atoms in total. The summed E-state index contributed by atoms with van der Waals surface area (Å²) in [7, 11) is 0. The molecule has 0 saturated heterocycles. The third-order valence-corrected chi connectivity index (χ3v) is 11.2. The lowest BCUT2D eigenvalue weighted by Crippen LogP contribution is -2.45. The van der Waals surface area contributed by atoms with Crippen LogP contribution in [0.3, 0.4) is 0 Å². The predicted molar refractivity (Wildman–Crippen MR) is 241 cm³/mol. The Kier molecular flexibility index (Phi) is 44.7. The summed E-state index contributed by atoms with van der Waals surface area (Å²) in [6, 6.07) is -0.635. The van der Waals surface area contributed by atoms with Gasteiger partial charge in [0.15, 0.2) is 0 Å². The number of rotatable bonds is 45. The van der Waals surface area contributed by atoms with Crippen LogP contribution >= 0.6 is 0 Å². The fourth-order valence-corrected chi connectivity index (χ4v) is 7.39. The Bertz CT molecular complexity index is 874. The molecule has 56 heavy (non-hydrogen) atoms. The van der Waals surface area contributed by atoms with E-state index in [9.17, 15) is 19.8 Å². The number of carbonyl (C=O) groups excluding carboxylic acids is 2. The van der Waals surface area contributed by atoms with Gasteiger partial charge in [-0.2, -0.15) is 0 Å². The third-order valence-electron chi connectivity index (χ3n) is 11.2. The van der Waals surface area contributed by atoms with E-state index >= 15 is 0 Å². The molecule has 0 saturated carbocycles. The van der Waals surface area contributed by atoms with Gasteiger partial charge < -0.3 is 20.3 Å². The van der Waals surface area contributed by atoms with Gasteiger partial charge in [0, 0.05) is 12.8 Å². The summed E-state index contributed by atoms with van der Waals surface area (Å²) in [4.78, 5) is 24.3. The number of amides is 1. The summed E-state index contributed by atoms with van der Waals surface area (Å²) >= 11 is 0. The number of carbonyl (C=O) groups is 2. The normalized spacial score (nSPS) is 12.9. The maximum absolute atomic E-state index is 12.3. The van der Waals surface area contributed by atoms with E-state index in [2.05, 4.69) is 31.3 Å².